The van der Waals surface area contributed by atoms with Gasteiger partial charge in [-0.2, -0.15) is 0 Å². The molecule has 2 aromatic rings. The van der Waals surface area contributed by atoms with Crippen molar-refractivity contribution >= 4 is 0 Å². The Labute approximate surface area is 120 Å². The molecule has 1 heterocycles. The fourth-order valence-corrected chi connectivity index (χ4v) is 3.77. The lowest BCUT2D eigenvalue weighted by Gasteiger charge is -2.31. The van der Waals surface area contributed by atoms with Crippen molar-refractivity contribution in [3.05, 3.63) is 59.7 Å². The Balaban J connectivity index is 1.82. The highest BCUT2D eigenvalue weighted by molar-refractivity contribution is 5.78. The first-order chi connectivity index (χ1) is 9.86. The first-order valence-corrected chi connectivity index (χ1v) is 7.47. The molecular weight excluding hydrogens is 244 g/mol. The molecule has 2 aliphatic rings. The number of rotatable bonds is 2. The zero-order valence-corrected chi connectivity index (χ0v) is 11.8. The quantitative estimate of drug-likeness (QED) is 0.897. The molecule has 0 spiro atoms. The average molecular weight is 264 g/mol. The topological polar surface area (TPSA) is 15.3 Å². The lowest BCUT2D eigenvalue weighted by molar-refractivity contribution is 0.214. The summed E-state index contributed by atoms with van der Waals surface area (Å²) in [6.45, 7) is 2.25. The Kier molecular flexibility index (Phi) is 2.86. The van der Waals surface area contributed by atoms with Crippen LogP contribution in [0.1, 0.15) is 23.6 Å². The van der Waals surface area contributed by atoms with E-state index in [1.165, 1.54) is 28.7 Å². The van der Waals surface area contributed by atoms with E-state index < -0.39 is 0 Å². The number of hydrogen-bond donors (Lipinski definition) is 1. The molecule has 1 aliphatic heterocycles. The van der Waals surface area contributed by atoms with E-state index in [0.717, 1.165) is 13.1 Å². The van der Waals surface area contributed by atoms with Crippen LogP contribution in [-0.4, -0.2) is 31.1 Å². The lowest BCUT2D eigenvalue weighted by atomic mass is 10.0. The largest absolute Gasteiger partial charge is 0.315 e. The number of likely N-dealkylation sites (N-methyl/N-ethyl adjacent to an activating group) is 1. The van der Waals surface area contributed by atoms with E-state index in [2.05, 4.69) is 65.8 Å². The SMILES string of the molecule is CN(C1CCNC1)C1c2ccccc2-c2ccccc21. The van der Waals surface area contributed by atoms with Crippen molar-refractivity contribution in [3.8, 4) is 11.1 Å². The second kappa shape index (κ2) is 4.72. The standard InChI is InChI=1S/C18H20N2/c1-20(13-10-11-19-12-13)18-16-8-4-2-6-14(16)15-7-3-5-9-17(15)18/h2-9,13,18-19H,10-12H2,1H3. The zero-order valence-electron chi connectivity index (χ0n) is 11.8. The maximum absolute atomic E-state index is 3.48. The van der Waals surface area contributed by atoms with E-state index in [0.29, 0.717) is 12.1 Å². The first kappa shape index (κ1) is 12.1. The fraction of sp³-hybridized carbons (Fsp3) is 0.333. The van der Waals surface area contributed by atoms with Crippen molar-refractivity contribution in [1.82, 2.24) is 10.2 Å². The summed E-state index contributed by atoms with van der Waals surface area (Å²) in [6, 6.07) is 18.8. The molecule has 4 rings (SSSR count). The summed E-state index contributed by atoms with van der Waals surface area (Å²) in [7, 11) is 2.28. The van der Waals surface area contributed by atoms with Crippen LogP contribution >= 0.6 is 0 Å². The van der Waals surface area contributed by atoms with E-state index in [1.807, 2.05) is 0 Å². The van der Waals surface area contributed by atoms with Gasteiger partial charge in [0.15, 0.2) is 0 Å². The third-order valence-corrected chi connectivity index (χ3v) is 4.82. The Bertz CT molecular complexity index is 583. The summed E-state index contributed by atoms with van der Waals surface area (Å²) in [6.07, 6.45) is 1.25. The third-order valence-electron chi connectivity index (χ3n) is 4.82. The van der Waals surface area contributed by atoms with Gasteiger partial charge in [0.1, 0.15) is 0 Å². The summed E-state index contributed by atoms with van der Waals surface area (Å²) in [4.78, 5) is 2.56. The minimum atomic E-state index is 0.410. The third kappa shape index (κ3) is 1.72. The van der Waals surface area contributed by atoms with Crippen LogP contribution in [0.25, 0.3) is 11.1 Å². The van der Waals surface area contributed by atoms with E-state index in [-0.39, 0.29) is 0 Å². The normalized spacial score (nSPS) is 21.2. The average Bonchev–Trinajstić information content (AvgIpc) is 3.13. The monoisotopic (exact) mass is 264 g/mol. The van der Waals surface area contributed by atoms with Gasteiger partial charge in [-0.05, 0) is 42.3 Å². The molecule has 0 saturated carbocycles. The van der Waals surface area contributed by atoms with Gasteiger partial charge >= 0.3 is 0 Å². The number of benzene rings is 2. The van der Waals surface area contributed by atoms with Crippen LogP contribution in [0, 0.1) is 0 Å². The van der Waals surface area contributed by atoms with Crippen molar-refractivity contribution in [2.45, 2.75) is 18.5 Å². The summed E-state index contributed by atoms with van der Waals surface area (Å²) < 4.78 is 0. The molecule has 1 aliphatic carbocycles. The first-order valence-electron chi connectivity index (χ1n) is 7.47. The van der Waals surface area contributed by atoms with Gasteiger partial charge in [-0.25, -0.2) is 0 Å². The van der Waals surface area contributed by atoms with Crippen molar-refractivity contribution in [2.24, 2.45) is 0 Å². The van der Waals surface area contributed by atoms with Crippen LogP contribution in [-0.2, 0) is 0 Å². The van der Waals surface area contributed by atoms with Gasteiger partial charge in [-0.3, -0.25) is 4.90 Å². The predicted octanol–water partition coefficient (Wildman–Crippen LogP) is 3.05. The Morgan fingerprint density at radius 3 is 2.10 bits per heavy atom. The Morgan fingerprint density at radius 2 is 1.55 bits per heavy atom. The second-order valence-electron chi connectivity index (χ2n) is 5.89. The van der Waals surface area contributed by atoms with Gasteiger partial charge in [0.05, 0.1) is 6.04 Å². The zero-order chi connectivity index (χ0) is 13.5. The molecule has 102 valence electrons. The van der Waals surface area contributed by atoms with E-state index >= 15 is 0 Å². The molecular formula is C18H20N2. The molecule has 20 heavy (non-hydrogen) atoms. The molecule has 0 bridgehead atoms. The molecule has 2 nitrogen and oxygen atoms in total. The van der Waals surface area contributed by atoms with Gasteiger partial charge < -0.3 is 5.32 Å². The van der Waals surface area contributed by atoms with Crippen molar-refractivity contribution in [1.29, 1.82) is 0 Å². The lowest BCUT2D eigenvalue weighted by Crippen LogP contribution is -2.36. The summed E-state index contributed by atoms with van der Waals surface area (Å²) in [5.74, 6) is 0. The van der Waals surface area contributed by atoms with E-state index in [1.54, 1.807) is 0 Å². The molecule has 1 fully saturated rings. The minimum Gasteiger partial charge on any atom is -0.315 e. The van der Waals surface area contributed by atoms with Crippen molar-refractivity contribution < 1.29 is 0 Å². The highest BCUT2D eigenvalue weighted by Gasteiger charge is 2.34. The summed E-state index contributed by atoms with van der Waals surface area (Å²) >= 11 is 0. The molecule has 0 radical (unpaired) electrons. The number of fused-ring (bicyclic) bond motifs is 3. The van der Waals surface area contributed by atoms with Crippen LogP contribution in [0.2, 0.25) is 0 Å². The molecule has 0 aromatic heterocycles. The van der Waals surface area contributed by atoms with Gasteiger partial charge in [0.25, 0.3) is 0 Å². The van der Waals surface area contributed by atoms with Crippen LogP contribution in [0.4, 0.5) is 0 Å². The molecule has 1 atom stereocenters. The van der Waals surface area contributed by atoms with Crippen LogP contribution in [0.15, 0.2) is 48.5 Å². The number of hydrogen-bond acceptors (Lipinski definition) is 2. The molecule has 0 amide bonds. The van der Waals surface area contributed by atoms with Gasteiger partial charge in [0, 0.05) is 12.6 Å². The van der Waals surface area contributed by atoms with Gasteiger partial charge in [-0.15, -0.1) is 0 Å². The maximum atomic E-state index is 3.48. The van der Waals surface area contributed by atoms with Gasteiger partial charge in [0.2, 0.25) is 0 Å². The molecule has 2 heteroatoms. The summed E-state index contributed by atoms with van der Waals surface area (Å²) in [5, 5.41) is 3.48. The van der Waals surface area contributed by atoms with Crippen molar-refractivity contribution in [3.63, 3.8) is 0 Å². The van der Waals surface area contributed by atoms with E-state index in [4.69, 9.17) is 0 Å². The van der Waals surface area contributed by atoms with E-state index in [9.17, 15) is 0 Å². The molecule has 1 unspecified atom stereocenters. The van der Waals surface area contributed by atoms with Crippen LogP contribution in [0.3, 0.4) is 0 Å². The fourth-order valence-electron chi connectivity index (χ4n) is 3.77. The maximum Gasteiger partial charge on any atom is 0.0614 e. The number of nitrogens with one attached hydrogen (secondary N) is 1. The predicted molar refractivity (Wildman–Crippen MR) is 82.8 cm³/mol. The van der Waals surface area contributed by atoms with Gasteiger partial charge in [-0.1, -0.05) is 48.5 Å². The molecule has 1 saturated heterocycles. The Morgan fingerprint density at radius 1 is 0.950 bits per heavy atom. The highest BCUT2D eigenvalue weighted by atomic mass is 15.2. The van der Waals surface area contributed by atoms with Crippen molar-refractivity contribution in [2.75, 3.05) is 20.1 Å². The molecule has 2 aromatic carbocycles. The minimum absolute atomic E-state index is 0.410. The van der Waals surface area contributed by atoms with Crippen LogP contribution < -0.4 is 5.32 Å². The van der Waals surface area contributed by atoms with Crippen LogP contribution in [0.5, 0.6) is 0 Å². The highest BCUT2D eigenvalue weighted by Crippen LogP contribution is 2.46. The number of nitrogens with zero attached hydrogens (tertiary/aromatic N) is 1. The Hall–Kier alpha value is -1.64. The second-order valence-corrected chi connectivity index (χ2v) is 5.89. The molecule has 1 N–H and O–H groups in total. The summed E-state index contributed by atoms with van der Waals surface area (Å²) in [5.41, 5.74) is 5.74. The smallest absolute Gasteiger partial charge is 0.0614 e.